The first kappa shape index (κ1) is 15.3. The van der Waals surface area contributed by atoms with Crippen molar-refractivity contribution in [2.75, 3.05) is 6.54 Å². The number of halogens is 1. The lowest BCUT2D eigenvalue weighted by molar-refractivity contribution is 0.0947. The third-order valence-electron chi connectivity index (χ3n) is 3.73. The second kappa shape index (κ2) is 6.14. The van der Waals surface area contributed by atoms with Gasteiger partial charge in [-0.15, -0.1) is 0 Å². The van der Waals surface area contributed by atoms with Crippen LogP contribution in [0.1, 0.15) is 36.5 Å². The lowest BCUT2D eigenvalue weighted by atomic mass is 10.1. The van der Waals surface area contributed by atoms with Crippen molar-refractivity contribution in [1.29, 1.82) is 0 Å². The van der Waals surface area contributed by atoms with Crippen molar-refractivity contribution in [2.24, 2.45) is 11.8 Å². The first-order valence-corrected chi connectivity index (χ1v) is 9.00. The van der Waals surface area contributed by atoms with E-state index in [4.69, 9.17) is 10.7 Å². The fourth-order valence-electron chi connectivity index (χ4n) is 2.64. The van der Waals surface area contributed by atoms with Gasteiger partial charge in [-0.25, -0.2) is 8.42 Å². The van der Waals surface area contributed by atoms with Gasteiger partial charge in [-0.3, -0.25) is 4.79 Å². The molecule has 0 spiro atoms. The largest absolute Gasteiger partial charge is 0.352 e. The van der Waals surface area contributed by atoms with Crippen LogP contribution in [0.25, 0.3) is 0 Å². The molecule has 1 N–H and O–H groups in total. The number of amides is 1. The summed E-state index contributed by atoms with van der Waals surface area (Å²) in [7, 11) is 1.47. The van der Waals surface area contributed by atoms with Crippen LogP contribution >= 0.6 is 10.7 Å². The van der Waals surface area contributed by atoms with Crippen LogP contribution in [0.5, 0.6) is 0 Å². The van der Waals surface area contributed by atoms with Gasteiger partial charge in [-0.2, -0.15) is 0 Å². The summed E-state index contributed by atoms with van der Waals surface area (Å²) in [4.78, 5) is 12.0. The molecule has 1 aliphatic rings. The van der Waals surface area contributed by atoms with Gasteiger partial charge in [0.25, 0.3) is 15.0 Å². The molecule has 0 bridgehead atoms. The molecule has 4 nitrogen and oxygen atoms in total. The molecule has 1 saturated carbocycles. The van der Waals surface area contributed by atoms with Crippen LogP contribution in [0.2, 0.25) is 0 Å². The molecule has 1 aromatic rings. The third-order valence-corrected chi connectivity index (χ3v) is 5.08. The van der Waals surface area contributed by atoms with E-state index in [1.165, 1.54) is 24.6 Å². The van der Waals surface area contributed by atoms with Gasteiger partial charge in [0.15, 0.2) is 0 Å². The zero-order valence-electron chi connectivity index (χ0n) is 11.3. The minimum atomic E-state index is -3.80. The average molecular weight is 316 g/mol. The number of carbonyl (C=O) groups is 1. The van der Waals surface area contributed by atoms with Crippen LogP contribution in [-0.4, -0.2) is 20.9 Å². The van der Waals surface area contributed by atoms with Crippen molar-refractivity contribution >= 4 is 25.6 Å². The maximum atomic E-state index is 12.0. The molecule has 2 rings (SSSR count). The van der Waals surface area contributed by atoms with E-state index in [9.17, 15) is 13.2 Å². The molecule has 0 heterocycles. The number of nitrogens with one attached hydrogen (secondary N) is 1. The molecule has 1 amide bonds. The summed E-state index contributed by atoms with van der Waals surface area (Å²) < 4.78 is 22.5. The van der Waals surface area contributed by atoms with E-state index in [0.29, 0.717) is 18.0 Å². The zero-order valence-corrected chi connectivity index (χ0v) is 12.9. The molecule has 0 saturated heterocycles. The Morgan fingerprint density at radius 3 is 2.75 bits per heavy atom. The highest BCUT2D eigenvalue weighted by molar-refractivity contribution is 8.13. The summed E-state index contributed by atoms with van der Waals surface area (Å²) in [5.41, 5.74) is 0.317. The molecule has 0 aromatic heterocycles. The van der Waals surface area contributed by atoms with E-state index in [1.54, 1.807) is 6.07 Å². The molecular formula is C14H18ClNO3S. The molecule has 1 aliphatic carbocycles. The number of hydrogen-bond donors (Lipinski definition) is 1. The Morgan fingerprint density at radius 2 is 2.15 bits per heavy atom. The molecule has 1 fully saturated rings. The van der Waals surface area contributed by atoms with Crippen LogP contribution < -0.4 is 5.32 Å². The highest BCUT2D eigenvalue weighted by atomic mass is 35.7. The van der Waals surface area contributed by atoms with Gasteiger partial charge in [0.2, 0.25) is 0 Å². The van der Waals surface area contributed by atoms with Gasteiger partial charge in [-0.1, -0.05) is 19.4 Å². The molecule has 20 heavy (non-hydrogen) atoms. The van der Waals surface area contributed by atoms with Gasteiger partial charge in [0.1, 0.15) is 0 Å². The van der Waals surface area contributed by atoms with Crippen molar-refractivity contribution in [2.45, 2.75) is 31.1 Å². The van der Waals surface area contributed by atoms with Crippen molar-refractivity contribution < 1.29 is 13.2 Å². The number of carbonyl (C=O) groups excluding carboxylic acids is 1. The van der Waals surface area contributed by atoms with E-state index in [1.807, 2.05) is 0 Å². The quantitative estimate of drug-likeness (QED) is 0.869. The summed E-state index contributed by atoms with van der Waals surface area (Å²) in [6.07, 6.45) is 3.48. The standard InChI is InChI=1S/C14H18ClNO3S/c1-10-5-6-11(7-10)9-16-14(17)12-3-2-4-13(8-12)20(15,18)19/h2-4,8,10-11H,5-7,9H2,1H3,(H,16,17). The SMILES string of the molecule is CC1CCC(CNC(=O)c2cccc(S(=O)(=O)Cl)c2)C1. The normalized spacial score (nSPS) is 22.7. The predicted octanol–water partition coefficient (Wildman–Crippen LogP) is 2.78. The Kier molecular flexibility index (Phi) is 4.70. The van der Waals surface area contributed by atoms with Crippen molar-refractivity contribution in [3.63, 3.8) is 0 Å². The molecule has 1 aromatic carbocycles. The van der Waals surface area contributed by atoms with E-state index in [-0.39, 0.29) is 10.8 Å². The monoisotopic (exact) mass is 315 g/mol. The van der Waals surface area contributed by atoms with E-state index >= 15 is 0 Å². The maximum absolute atomic E-state index is 12.0. The molecule has 6 heteroatoms. The van der Waals surface area contributed by atoms with Gasteiger partial charge in [-0.05, 0) is 42.9 Å². The summed E-state index contributed by atoms with van der Waals surface area (Å²) in [5, 5.41) is 2.86. The van der Waals surface area contributed by atoms with Gasteiger partial charge in [0.05, 0.1) is 4.90 Å². The smallest absolute Gasteiger partial charge is 0.261 e. The van der Waals surface area contributed by atoms with E-state index < -0.39 is 9.05 Å². The van der Waals surface area contributed by atoms with E-state index in [2.05, 4.69) is 12.2 Å². The lowest BCUT2D eigenvalue weighted by Gasteiger charge is -2.11. The van der Waals surface area contributed by atoms with Crippen molar-refractivity contribution in [1.82, 2.24) is 5.32 Å². The summed E-state index contributed by atoms with van der Waals surface area (Å²) in [6, 6.07) is 5.77. The lowest BCUT2D eigenvalue weighted by Crippen LogP contribution is -2.28. The van der Waals surface area contributed by atoms with Crippen LogP contribution in [0, 0.1) is 11.8 Å². The minimum absolute atomic E-state index is 0.0543. The Morgan fingerprint density at radius 1 is 1.40 bits per heavy atom. The third kappa shape index (κ3) is 3.96. The number of rotatable bonds is 4. The average Bonchev–Trinajstić information content (AvgIpc) is 2.81. The molecule has 0 aliphatic heterocycles. The molecule has 0 radical (unpaired) electrons. The topological polar surface area (TPSA) is 63.2 Å². The van der Waals surface area contributed by atoms with Gasteiger partial charge < -0.3 is 5.32 Å². The fraction of sp³-hybridized carbons (Fsp3) is 0.500. The highest BCUT2D eigenvalue weighted by Crippen LogP contribution is 2.29. The fourth-order valence-corrected chi connectivity index (χ4v) is 3.44. The van der Waals surface area contributed by atoms with Crippen LogP contribution in [0.3, 0.4) is 0 Å². The predicted molar refractivity (Wildman–Crippen MR) is 78.3 cm³/mol. The highest BCUT2D eigenvalue weighted by Gasteiger charge is 2.22. The molecule has 2 unspecified atom stereocenters. The second-order valence-electron chi connectivity index (χ2n) is 5.46. The molecule has 110 valence electrons. The van der Waals surface area contributed by atoms with Crippen LogP contribution in [-0.2, 0) is 9.05 Å². The van der Waals surface area contributed by atoms with Crippen LogP contribution in [0.15, 0.2) is 29.2 Å². The van der Waals surface area contributed by atoms with E-state index in [0.717, 1.165) is 18.8 Å². The van der Waals surface area contributed by atoms with Crippen molar-refractivity contribution in [3.05, 3.63) is 29.8 Å². The second-order valence-corrected chi connectivity index (χ2v) is 8.03. The number of benzene rings is 1. The Hall–Kier alpha value is -1.07. The first-order valence-electron chi connectivity index (χ1n) is 6.69. The summed E-state index contributed by atoms with van der Waals surface area (Å²) in [5.74, 6) is 0.988. The van der Waals surface area contributed by atoms with Crippen LogP contribution in [0.4, 0.5) is 0 Å². The first-order chi connectivity index (χ1) is 9.36. The van der Waals surface area contributed by atoms with Gasteiger partial charge >= 0.3 is 0 Å². The Balaban J connectivity index is 1.99. The minimum Gasteiger partial charge on any atom is -0.352 e. The Labute approximate surface area is 123 Å². The van der Waals surface area contributed by atoms with Gasteiger partial charge in [0, 0.05) is 22.8 Å². The molecule has 2 atom stereocenters. The summed E-state index contributed by atoms with van der Waals surface area (Å²) in [6.45, 7) is 2.86. The summed E-state index contributed by atoms with van der Waals surface area (Å²) >= 11 is 0. The number of hydrogen-bond acceptors (Lipinski definition) is 3. The maximum Gasteiger partial charge on any atom is 0.261 e. The van der Waals surface area contributed by atoms with Crippen molar-refractivity contribution in [3.8, 4) is 0 Å². The Bertz CT molecular complexity index is 600. The molecular weight excluding hydrogens is 298 g/mol. The zero-order chi connectivity index (χ0) is 14.8.